The number of pyridine rings is 1. The lowest BCUT2D eigenvalue weighted by atomic mass is 10.2. The van der Waals surface area contributed by atoms with Gasteiger partial charge in [-0.3, -0.25) is 4.68 Å². The topological polar surface area (TPSA) is 30.7 Å². The first kappa shape index (κ1) is 6.34. The molecule has 2 aromatic heterocycles. The third-order valence-corrected chi connectivity index (χ3v) is 1.76. The van der Waals surface area contributed by atoms with Gasteiger partial charge in [-0.15, -0.1) is 0 Å². The summed E-state index contributed by atoms with van der Waals surface area (Å²) in [6.07, 6.45) is 3.77. The molecule has 0 aliphatic rings. The molecule has 3 heteroatoms. The molecule has 0 atom stereocenters. The quantitative estimate of drug-likeness (QED) is 0.562. The van der Waals surface area contributed by atoms with E-state index in [0.29, 0.717) is 0 Å². The van der Waals surface area contributed by atoms with Crippen LogP contribution in [0.3, 0.4) is 0 Å². The molecule has 0 aliphatic heterocycles. The summed E-state index contributed by atoms with van der Waals surface area (Å²) in [5.41, 5.74) is 2.05. The highest BCUT2D eigenvalue weighted by molar-refractivity contribution is 5.77. The van der Waals surface area contributed by atoms with Crippen LogP contribution in [-0.4, -0.2) is 14.8 Å². The van der Waals surface area contributed by atoms with Gasteiger partial charge in [0.1, 0.15) is 0 Å². The number of hydrogen-bond acceptors (Lipinski definition) is 2. The average molecular weight is 147 g/mol. The van der Waals surface area contributed by atoms with E-state index < -0.39 is 0 Å². The molecule has 0 bridgehead atoms. The van der Waals surface area contributed by atoms with E-state index >= 15 is 0 Å². The van der Waals surface area contributed by atoms with Crippen LogP contribution in [0.5, 0.6) is 0 Å². The number of hydrogen-bond donors (Lipinski definition) is 0. The Morgan fingerprint density at radius 3 is 3.00 bits per heavy atom. The largest absolute Gasteiger partial charge is 0.273 e. The van der Waals surface area contributed by atoms with Crippen LogP contribution >= 0.6 is 0 Å². The standard InChI is InChI=1S/C8H9N3/c1-6-3-4-9-8-7(6)5-11(2)10-8/h3-5H,1-2H3. The molecule has 0 radical (unpaired) electrons. The van der Waals surface area contributed by atoms with E-state index in [9.17, 15) is 0 Å². The number of aryl methyl sites for hydroxylation is 2. The van der Waals surface area contributed by atoms with Gasteiger partial charge in [0.25, 0.3) is 0 Å². The second kappa shape index (κ2) is 2.05. The first-order valence-electron chi connectivity index (χ1n) is 3.52. The Morgan fingerprint density at radius 1 is 1.45 bits per heavy atom. The Bertz CT molecular complexity index is 389. The highest BCUT2D eigenvalue weighted by Gasteiger charge is 1.99. The van der Waals surface area contributed by atoms with Crippen molar-refractivity contribution in [2.24, 2.45) is 7.05 Å². The van der Waals surface area contributed by atoms with E-state index in [2.05, 4.69) is 17.0 Å². The Morgan fingerprint density at radius 2 is 2.27 bits per heavy atom. The normalized spacial score (nSPS) is 10.7. The average Bonchev–Trinajstić information content (AvgIpc) is 2.31. The molecule has 0 aromatic carbocycles. The molecule has 11 heavy (non-hydrogen) atoms. The van der Waals surface area contributed by atoms with Crippen molar-refractivity contribution < 1.29 is 0 Å². The minimum absolute atomic E-state index is 0.826. The maximum atomic E-state index is 4.18. The monoisotopic (exact) mass is 147 g/mol. The van der Waals surface area contributed by atoms with Gasteiger partial charge < -0.3 is 0 Å². The summed E-state index contributed by atoms with van der Waals surface area (Å²) in [5.74, 6) is 0. The van der Waals surface area contributed by atoms with E-state index in [0.717, 1.165) is 11.0 Å². The summed E-state index contributed by atoms with van der Waals surface area (Å²) >= 11 is 0. The fourth-order valence-corrected chi connectivity index (χ4v) is 1.16. The Hall–Kier alpha value is -1.38. The molecule has 2 rings (SSSR count). The molecule has 56 valence electrons. The van der Waals surface area contributed by atoms with E-state index in [1.165, 1.54) is 5.56 Å². The minimum Gasteiger partial charge on any atom is -0.273 e. The summed E-state index contributed by atoms with van der Waals surface area (Å²) in [4.78, 5) is 4.13. The lowest BCUT2D eigenvalue weighted by Gasteiger charge is -1.89. The molecule has 0 saturated heterocycles. The van der Waals surface area contributed by atoms with Crippen LogP contribution in [0.25, 0.3) is 11.0 Å². The molecule has 2 aromatic rings. The van der Waals surface area contributed by atoms with Gasteiger partial charge in [0.15, 0.2) is 5.65 Å². The van der Waals surface area contributed by atoms with Crippen molar-refractivity contribution in [1.82, 2.24) is 14.8 Å². The predicted octanol–water partition coefficient (Wildman–Crippen LogP) is 1.28. The molecular weight excluding hydrogens is 138 g/mol. The summed E-state index contributed by atoms with van der Waals surface area (Å²) in [6, 6.07) is 1.99. The highest BCUT2D eigenvalue weighted by atomic mass is 15.3. The van der Waals surface area contributed by atoms with Gasteiger partial charge in [0, 0.05) is 24.8 Å². The van der Waals surface area contributed by atoms with Crippen molar-refractivity contribution in [2.75, 3.05) is 0 Å². The second-order valence-electron chi connectivity index (χ2n) is 2.67. The number of aromatic nitrogens is 3. The van der Waals surface area contributed by atoms with Gasteiger partial charge in [-0.2, -0.15) is 5.10 Å². The van der Waals surface area contributed by atoms with Crippen molar-refractivity contribution >= 4 is 11.0 Å². The fourth-order valence-electron chi connectivity index (χ4n) is 1.16. The van der Waals surface area contributed by atoms with Crippen LogP contribution < -0.4 is 0 Å². The van der Waals surface area contributed by atoms with Crippen molar-refractivity contribution in [2.45, 2.75) is 6.92 Å². The maximum Gasteiger partial charge on any atom is 0.181 e. The Balaban J connectivity index is 2.90. The van der Waals surface area contributed by atoms with Gasteiger partial charge in [-0.05, 0) is 18.6 Å². The maximum absolute atomic E-state index is 4.18. The molecule has 0 spiro atoms. The molecule has 3 nitrogen and oxygen atoms in total. The lowest BCUT2D eigenvalue weighted by molar-refractivity contribution is 0.776. The number of nitrogens with zero attached hydrogens (tertiary/aromatic N) is 3. The molecule has 0 aliphatic carbocycles. The third kappa shape index (κ3) is 0.888. The van der Waals surface area contributed by atoms with Crippen LogP contribution in [0.1, 0.15) is 5.56 Å². The van der Waals surface area contributed by atoms with E-state index in [1.807, 2.05) is 19.3 Å². The van der Waals surface area contributed by atoms with Crippen LogP contribution in [0, 0.1) is 6.92 Å². The lowest BCUT2D eigenvalue weighted by Crippen LogP contribution is -1.85. The van der Waals surface area contributed by atoms with Crippen LogP contribution in [0.4, 0.5) is 0 Å². The summed E-state index contributed by atoms with van der Waals surface area (Å²) in [7, 11) is 1.90. The van der Waals surface area contributed by atoms with Gasteiger partial charge in [-0.1, -0.05) is 0 Å². The fraction of sp³-hybridized carbons (Fsp3) is 0.250. The molecule has 0 unspecified atom stereocenters. The van der Waals surface area contributed by atoms with Crippen molar-refractivity contribution in [1.29, 1.82) is 0 Å². The first-order chi connectivity index (χ1) is 5.27. The Kier molecular flexibility index (Phi) is 1.18. The summed E-state index contributed by atoms with van der Waals surface area (Å²) in [5, 5.41) is 5.31. The van der Waals surface area contributed by atoms with E-state index in [4.69, 9.17) is 0 Å². The molecule has 2 heterocycles. The van der Waals surface area contributed by atoms with Crippen LogP contribution in [0.2, 0.25) is 0 Å². The molecule has 0 saturated carbocycles. The number of fused-ring (bicyclic) bond motifs is 1. The Labute approximate surface area is 64.7 Å². The smallest absolute Gasteiger partial charge is 0.181 e. The van der Waals surface area contributed by atoms with Gasteiger partial charge >= 0.3 is 0 Å². The molecular formula is C8H9N3. The van der Waals surface area contributed by atoms with Gasteiger partial charge in [0.05, 0.1) is 0 Å². The second-order valence-corrected chi connectivity index (χ2v) is 2.67. The molecule has 0 fully saturated rings. The van der Waals surface area contributed by atoms with Crippen LogP contribution in [-0.2, 0) is 7.05 Å². The minimum atomic E-state index is 0.826. The highest BCUT2D eigenvalue weighted by Crippen LogP contribution is 2.12. The predicted molar refractivity (Wildman–Crippen MR) is 43.2 cm³/mol. The zero-order chi connectivity index (χ0) is 7.84. The third-order valence-electron chi connectivity index (χ3n) is 1.76. The zero-order valence-corrected chi connectivity index (χ0v) is 6.57. The summed E-state index contributed by atoms with van der Waals surface area (Å²) < 4.78 is 1.78. The molecule has 0 N–H and O–H groups in total. The van der Waals surface area contributed by atoms with Crippen molar-refractivity contribution in [3.05, 3.63) is 24.0 Å². The van der Waals surface area contributed by atoms with E-state index in [-0.39, 0.29) is 0 Å². The zero-order valence-electron chi connectivity index (χ0n) is 6.57. The van der Waals surface area contributed by atoms with Gasteiger partial charge in [0.2, 0.25) is 0 Å². The first-order valence-corrected chi connectivity index (χ1v) is 3.52. The number of rotatable bonds is 0. The molecule has 0 amide bonds. The van der Waals surface area contributed by atoms with Crippen LogP contribution in [0.15, 0.2) is 18.5 Å². The van der Waals surface area contributed by atoms with Crippen molar-refractivity contribution in [3.63, 3.8) is 0 Å². The van der Waals surface area contributed by atoms with Gasteiger partial charge in [-0.25, -0.2) is 4.98 Å². The van der Waals surface area contributed by atoms with E-state index in [1.54, 1.807) is 10.9 Å². The van der Waals surface area contributed by atoms with Crippen molar-refractivity contribution in [3.8, 4) is 0 Å². The SMILES string of the molecule is Cc1ccnc2nn(C)cc12. The summed E-state index contributed by atoms with van der Waals surface area (Å²) in [6.45, 7) is 2.06.